The van der Waals surface area contributed by atoms with Gasteiger partial charge in [-0.05, 0) is 0 Å². The van der Waals surface area contributed by atoms with Gasteiger partial charge in [0.15, 0.2) is 0 Å². The lowest BCUT2D eigenvalue weighted by Gasteiger charge is -2.30. The van der Waals surface area contributed by atoms with Gasteiger partial charge in [-0.2, -0.15) is 0 Å². The molecule has 1 aliphatic rings. The first-order valence-corrected chi connectivity index (χ1v) is 5.30. The standard InChI is InChI=1S/C8H17NO3S/c1-11-5-7(9)8(2-10)13-6-3-12-4-6/h6-8,10H,2-5,9H2,1H3. The Morgan fingerprint density at radius 1 is 1.69 bits per heavy atom. The monoisotopic (exact) mass is 207 g/mol. The van der Waals surface area contributed by atoms with Crippen LogP contribution in [0.2, 0.25) is 0 Å². The van der Waals surface area contributed by atoms with E-state index < -0.39 is 0 Å². The Hall–Kier alpha value is 0.190. The molecule has 13 heavy (non-hydrogen) atoms. The van der Waals surface area contributed by atoms with Crippen molar-refractivity contribution < 1.29 is 14.6 Å². The van der Waals surface area contributed by atoms with E-state index in [1.165, 1.54) is 0 Å². The second-order valence-electron chi connectivity index (χ2n) is 3.14. The molecule has 2 unspecified atom stereocenters. The fraction of sp³-hybridized carbons (Fsp3) is 1.00. The molecular weight excluding hydrogens is 190 g/mol. The van der Waals surface area contributed by atoms with Crippen molar-refractivity contribution in [2.75, 3.05) is 33.5 Å². The summed E-state index contributed by atoms with van der Waals surface area (Å²) in [6, 6.07) is -0.0967. The zero-order valence-corrected chi connectivity index (χ0v) is 8.63. The SMILES string of the molecule is COCC(N)C(CO)SC1COC1. The number of nitrogens with two attached hydrogens (primary N) is 1. The third-order valence-corrected chi connectivity index (χ3v) is 3.50. The maximum Gasteiger partial charge on any atom is 0.0625 e. The molecule has 0 aromatic carbocycles. The molecule has 1 aliphatic heterocycles. The number of hydrogen-bond donors (Lipinski definition) is 2. The van der Waals surface area contributed by atoms with Crippen LogP contribution in [-0.4, -0.2) is 55.2 Å². The van der Waals surface area contributed by atoms with Gasteiger partial charge in [0.2, 0.25) is 0 Å². The summed E-state index contributed by atoms with van der Waals surface area (Å²) < 4.78 is 9.98. The second-order valence-corrected chi connectivity index (χ2v) is 4.68. The van der Waals surface area contributed by atoms with Gasteiger partial charge in [-0.25, -0.2) is 0 Å². The summed E-state index contributed by atoms with van der Waals surface area (Å²) in [5.41, 5.74) is 5.82. The van der Waals surface area contributed by atoms with Gasteiger partial charge >= 0.3 is 0 Å². The van der Waals surface area contributed by atoms with Crippen LogP contribution in [0.15, 0.2) is 0 Å². The van der Waals surface area contributed by atoms with Crippen LogP contribution >= 0.6 is 11.8 Å². The van der Waals surface area contributed by atoms with Crippen molar-refractivity contribution in [1.29, 1.82) is 0 Å². The maximum atomic E-state index is 9.09. The number of rotatable bonds is 6. The second kappa shape index (κ2) is 5.82. The average Bonchev–Trinajstić information content (AvgIpc) is 2.03. The van der Waals surface area contributed by atoms with E-state index in [2.05, 4.69) is 0 Å². The zero-order chi connectivity index (χ0) is 9.68. The highest BCUT2D eigenvalue weighted by atomic mass is 32.2. The number of ether oxygens (including phenoxy) is 2. The summed E-state index contributed by atoms with van der Waals surface area (Å²) in [6.45, 7) is 2.15. The van der Waals surface area contributed by atoms with Crippen LogP contribution < -0.4 is 5.73 Å². The molecule has 78 valence electrons. The summed E-state index contributed by atoms with van der Waals surface area (Å²) in [7, 11) is 1.62. The van der Waals surface area contributed by atoms with E-state index in [9.17, 15) is 0 Å². The van der Waals surface area contributed by atoms with Crippen molar-refractivity contribution in [3.05, 3.63) is 0 Å². The molecule has 0 aromatic rings. The Labute approximate surface area is 82.8 Å². The number of hydrogen-bond acceptors (Lipinski definition) is 5. The maximum absolute atomic E-state index is 9.09. The predicted molar refractivity (Wildman–Crippen MR) is 52.9 cm³/mol. The molecular formula is C8H17NO3S. The molecule has 0 aromatic heterocycles. The Kier molecular flexibility index (Phi) is 5.05. The van der Waals surface area contributed by atoms with E-state index in [1.54, 1.807) is 18.9 Å². The topological polar surface area (TPSA) is 64.7 Å². The minimum absolute atomic E-state index is 0.0637. The number of methoxy groups -OCH3 is 1. The van der Waals surface area contributed by atoms with Crippen LogP contribution in [-0.2, 0) is 9.47 Å². The molecule has 2 atom stereocenters. The minimum atomic E-state index is -0.0967. The molecule has 0 aliphatic carbocycles. The smallest absolute Gasteiger partial charge is 0.0625 e. The van der Waals surface area contributed by atoms with E-state index in [0.29, 0.717) is 11.9 Å². The molecule has 1 heterocycles. The largest absolute Gasteiger partial charge is 0.395 e. The highest BCUT2D eigenvalue weighted by Crippen LogP contribution is 2.25. The van der Waals surface area contributed by atoms with E-state index in [0.717, 1.165) is 13.2 Å². The third kappa shape index (κ3) is 3.44. The summed E-state index contributed by atoms with van der Waals surface area (Å²) in [5, 5.41) is 9.66. The fourth-order valence-corrected chi connectivity index (χ4v) is 2.33. The Morgan fingerprint density at radius 2 is 2.38 bits per heavy atom. The Balaban J connectivity index is 2.23. The van der Waals surface area contributed by atoms with E-state index in [1.807, 2.05) is 0 Å². The van der Waals surface area contributed by atoms with Gasteiger partial charge in [0, 0.05) is 18.4 Å². The Bertz CT molecular complexity index is 143. The summed E-state index contributed by atoms with van der Waals surface area (Å²) in [5.74, 6) is 0. The van der Waals surface area contributed by atoms with Crippen molar-refractivity contribution in [2.24, 2.45) is 5.73 Å². The normalized spacial score (nSPS) is 22.4. The summed E-state index contributed by atoms with van der Waals surface area (Å²) in [4.78, 5) is 0. The first kappa shape index (κ1) is 11.3. The van der Waals surface area contributed by atoms with Gasteiger partial charge in [0.1, 0.15) is 0 Å². The van der Waals surface area contributed by atoms with E-state index in [4.69, 9.17) is 20.3 Å². The van der Waals surface area contributed by atoms with Crippen LogP contribution in [0.1, 0.15) is 0 Å². The molecule has 3 N–H and O–H groups in total. The molecule has 1 saturated heterocycles. The van der Waals surface area contributed by atoms with Crippen LogP contribution in [0.4, 0.5) is 0 Å². The summed E-state index contributed by atoms with van der Waals surface area (Å²) >= 11 is 1.70. The van der Waals surface area contributed by atoms with Crippen LogP contribution in [0.25, 0.3) is 0 Å². The van der Waals surface area contributed by atoms with Crippen molar-refractivity contribution in [3.63, 3.8) is 0 Å². The van der Waals surface area contributed by atoms with Gasteiger partial charge in [0.05, 0.1) is 31.7 Å². The van der Waals surface area contributed by atoms with Crippen molar-refractivity contribution in [2.45, 2.75) is 16.5 Å². The number of aliphatic hydroxyl groups is 1. The molecule has 1 fully saturated rings. The van der Waals surface area contributed by atoms with Crippen molar-refractivity contribution in [1.82, 2.24) is 0 Å². The van der Waals surface area contributed by atoms with Crippen LogP contribution in [0.3, 0.4) is 0 Å². The first-order chi connectivity index (χ1) is 6.27. The average molecular weight is 207 g/mol. The van der Waals surface area contributed by atoms with Crippen molar-refractivity contribution >= 4 is 11.8 Å². The Morgan fingerprint density at radius 3 is 2.77 bits per heavy atom. The van der Waals surface area contributed by atoms with Gasteiger partial charge in [-0.3, -0.25) is 0 Å². The van der Waals surface area contributed by atoms with Gasteiger partial charge in [-0.1, -0.05) is 0 Å². The molecule has 0 bridgehead atoms. The van der Waals surface area contributed by atoms with Gasteiger partial charge in [0.25, 0.3) is 0 Å². The molecule has 0 spiro atoms. The van der Waals surface area contributed by atoms with Gasteiger partial charge in [-0.15, -0.1) is 11.8 Å². The predicted octanol–water partition coefficient (Wildman–Crippen LogP) is -0.547. The van der Waals surface area contributed by atoms with Crippen LogP contribution in [0.5, 0.6) is 0 Å². The quantitative estimate of drug-likeness (QED) is 0.612. The molecule has 0 amide bonds. The van der Waals surface area contributed by atoms with E-state index in [-0.39, 0.29) is 17.9 Å². The fourth-order valence-electron chi connectivity index (χ4n) is 1.12. The van der Waals surface area contributed by atoms with Crippen LogP contribution in [0, 0.1) is 0 Å². The van der Waals surface area contributed by atoms with Gasteiger partial charge < -0.3 is 20.3 Å². The molecule has 5 heteroatoms. The first-order valence-electron chi connectivity index (χ1n) is 4.36. The highest BCUT2D eigenvalue weighted by molar-refractivity contribution is 8.00. The number of aliphatic hydroxyl groups excluding tert-OH is 1. The lowest BCUT2D eigenvalue weighted by atomic mass is 10.2. The minimum Gasteiger partial charge on any atom is -0.395 e. The zero-order valence-electron chi connectivity index (χ0n) is 7.81. The lowest BCUT2D eigenvalue weighted by Crippen LogP contribution is -2.42. The summed E-state index contributed by atoms with van der Waals surface area (Å²) in [6.07, 6.45) is 0. The molecule has 0 radical (unpaired) electrons. The van der Waals surface area contributed by atoms with Crippen molar-refractivity contribution in [3.8, 4) is 0 Å². The number of thioether (sulfide) groups is 1. The molecule has 1 rings (SSSR count). The third-order valence-electron chi connectivity index (χ3n) is 1.99. The lowest BCUT2D eigenvalue weighted by molar-refractivity contribution is 0.0449. The highest BCUT2D eigenvalue weighted by Gasteiger charge is 2.26. The van der Waals surface area contributed by atoms with E-state index >= 15 is 0 Å². The molecule has 4 nitrogen and oxygen atoms in total. The molecule has 0 saturated carbocycles.